The maximum Gasteiger partial charge on any atom is 0.244 e. The number of aromatic nitrogens is 2. The average molecular weight is 582 g/mol. The van der Waals surface area contributed by atoms with Crippen LogP contribution < -0.4 is 15.4 Å². The quantitative estimate of drug-likeness (QED) is 0.345. The van der Waals surface area contributed by atoms with E-state index in [0.29, 0.717) is 18.0 Å². The first-order chi connectivity index (χ1) is 18.1. The average Bonchev–Trinajstić information content (AvgIpc) is 3.08. The second-order valence-corrected chi connectivity index (χ2v) is 11.9. The molecule has 3 N–H and O–H groups in total. The normalized spacial score (nSPS) is 14.2. The van der Waals surface area contributed by atoms with Crippen molar-refractivity contribution in [3.63, 3.8) is 0 Å². The molecule has 1 aromatic heterocycles. The van der Waals surface area contributed by atoms with Gasteiger partial charge in [0.1, 0.15) is 15.7 Å². The number of nitrogens with one attached hydrogen (secondary N) is 2. The minimum absolute atomic E-state index is 0.0122. The number of aliphatic hydroxyl groups excluding tert-OH is 1. The smallest absolute Gasteiger partial charge is 0.244 e. The summed E-state index contributed by atoms with van der Waals surface area (Å²) in [5, 5.41) is 16.0. The van der Waals surface area contributed by atoms with Crippen LogP contribution in [0.5, 0.6) is 5.75 Å². The first-order valence-electron chi connectivity index (χ1n) is 11.9. The summed E-state index contributed by atoms with van der Waals surface area (Å²) in [5.41, 5.74) is 3.34. The summed E-state index contributed by atoms with van der Waals surface area (Å²) in [6.45, 7) is 2.50. The molecule has 10 nitrogen and oxygen atoms in total. The number of nitrogens with zero attached hydrogens (tertiary/aromatic N) is 4. The number of halogens is 2. The fourth-order valence-electron chi connectivity index (χ4n) is 4.21. The van der Waals surface area contributed by atoms with Crippen molar-refractivity contribution in [1.82, 2.24) is 19.2 Å². The highest BCUT2D eigenvalue weighted by Gasteiger charge is 2.23. The third kappa shape index (κ3) is 6.31. The molecule has 0 radical (unpaired) electrons. The molecule has 0 spiro atoms. The predicted octanol–water partition coefficient (Wildman–Crippen LogP) is 3.92. The lowest BCUT2D eigenvalue weighted by molar-refractivity contribution is 0.201. The molecule has 0 fully saturated rings. The van der Waals surface area contributed by atoms with Crippen LogP contribution in [0.4, 0.5) is 23.1 Å². The van der Waals surface area contributed by atoms with Gasteiger partial charge in [0.05, 0.1) is 31.3 Å². The maximum absolute atomic E-state index is 12.9. The second-order valence-electron chi connectivity index (χ2n) is 8.95. The number of methoxy groups -OCH3 is 1. The molecule has 0 saturated heterocycles. The third-order valence-electron chi connectivity index (χ3n) is 6.28. The van der Waals surface area contributed by atoms with Gasteiger partial charge >= 0.3 is 0 Å². The lowest BCUT2D eigenvalue weighted by Crippen LogP contribution is -2.29. The van der Waals surface area contributed by atoms with Gasteiger partial charge in [-0.3, -0.25) is 0 Å². The largest absolute Gasteiger partial charge is 0.495 e. The second kappa shape index (κ2) is 12.0. The molecule has 0 unspecified atom stereocenters. The molecule has 2 heterocycles. The van der Waals surface area contributed by atoms with Crippen molar-refractivity contribution in [2.24, 2.45) is 0 Å². The first-order valence-corrected chi connectivity index (χ1v) is 14.1. The number of anilines is 4. The summed E-state index contributed by atoms with van der Waals surface area (Å²) < 4.78 is 32.5. The van der Waals surface area contributed by atoms with E-state index in [2.05, 4.69) is 25.5 Å². The van der Waals surface area contributed by atoms with Gasteiger partial charge in [-0.2, -0.15) is 4.98 Å². The van der Waals surface area contributed by atoms with Gasteiger partial charge in [0.25, 0.3) is 0 Å². The van der Waals surface area contributed by atoms with E-state index in [1.807, 2.05) is 12.1 Å². The Labute approximate surface area is 232 Å². The molecule has 0 bridgehead atoms. The Morgan fingerprint density at radius 3 is 2.45 bits per heavy atom. The van der Waals surface area contributed by atoms with Crippen LogP contribution in [-0.4, -0.2) is 80.1 Å². The van der Waals surface area contributed by atoms with Gasteiger partial charge in [-0.1, -0.05) is 23.2 Å². The Morgan fingerprint density at radius 1 is 1.08 bits per heavy atom. The monoisotopic (exact) mass is 580 g/mol. The van der Waals surface area contributed by atoms with Gasteiger partial charge in [0.15, 0.2) is 5.82 Å². The van der Waals surface area contributed by atoms with Crippen LogP contribution >= 0.6 is 23.2 Å². The number of β-amino-alcohol motifs (C(OH)–C–C–N with tert-alkyl or cyclic N) is 1. The molecule has 204 valence electrons. The summed E-state index contributed by atoms with van der Waals surface area (Å²) >= 11 is 12.5. The van der Waals surface area contributed by atoms with E-state index in [1.165, 1.54) is 37.5 Å². The van der Waals surface area contributed by atoms with Crippen LogP contribution in [0.3, 0.4) is 0 Å². The Morgan fingerprint density at radius 2 is 1.79 bits per heavy atom. The minimum atomic E-state index is -3.80. The minimum Gasteiger partial charge on any atom is -0.495 e. The van der Waals surface area contributed by atoms with E-state index < -0.39 is 10.0 Å². The summed E-state index contributed by atoms with van der Waals surface area (Å²) in [4.78, 5) is 11.0. The molecule has 2 aromatic carbocycles. The van der Waals surface area contributed by atoms with Crippen molar-refractivity contribution in [1.29, 1.82) is 0 Å². The summed E-state index contributed by atoms with van der Waals surface area (Å²) in [7, 11) is 0.687. The summed E-state index contributed by atoms with van der Waals surface area (Å²) in [6.07, 6.45) is 3.12. The van der Waals surface area contributed by atoms with Crippen LogP contribution in [0.25, 0.3) is 0 Å². The molecule has 13 heteroatoms. The highest BCUT2D eigenvalue weighted by Crippen LogP contribution is 2.34. The van der Waals surface area contributed by atoms with Crippen molar-refractivity contribution >= 4 is 56.4 Å². The molecule has 0 aliphatic carbocycles. The van der Waals surface area contributed by atoms with Crippen LogP contribution in [-0.2, 0) is 22.9 Å². The van der Waals surface area contributed by atoms with Crippen LogP contribution in [0.1, 0.15) is 11.1 Å². The predicted molar refractivity (Wildman–Crippen MR) is 150 cm³/mol. The molecule has 3 aromatic rings. The molecule has 0 amide bonds. The van der Waals surface area contributed by atoms with Crippen LogP contribution in [0.2, 0.25) is 10.0 Å². The lowest BCUT2D eigenvalue weighted by atomic mass is 10.0. The van der Waals surface area contributed by atoms with Crippen LogP contribution in [0.15, 0.2) is 41.4 Å². The highest BCUT2D eigenvalue weighted by atomic mass is 35.5. The fourth-order valence-corrected chi connectivity index (χ4v) is 5.65. The van der Waals surface area contributed by atoms with E-state index in [0.717, 1.165) is 30.2 Å². The van der Waals surface area contributed by atoms with Gasteiger partial charge in [-0.05, 0) is 54.3 Å². The molecular weight excluding hydrogens is 551 g/mol. The number of sulfonamides is 1. The van der Waals surface area contributed by atoms with E-state index >= 15 is 0 Å². The van der Waals surface area contributed by atoms with Crippen LogP contribution in [0, 0.1) is 0 Å². The zero-order valence-electron chi connectivity index (χ0n) is 21.3. The molecule has 0 saturated carbocycles. The Kier molecular flexibility index (Phi) is 8.96. The van der Waals surface area contributed by atoms with Gasteiger partial charge in [0, 0.05) is 38.8 Å². The van der Waals surface area contributed by atoms with E-state index in [4.69, 9.17) is 27.9 Å². The number of ether oxygens (including phenoxy) is 1. The fraction of sp³-hybridized carbons (Fsp3) is 0.360. The van der Waals surface area contributed by atoms with Gasteiger partial charge in [-0.25, -0.2) is 17.7 Å². The summed E-state index contributed by atoms with van der Waals surface area (Å²) in [5.74, 6) is 1.11. The van der Waals surface area contributed by atoms with Crippen molar-refractivity contribution < 1.29 is 18.3 Å². The number of benzene rings is 2. The van der Waals surface area contributed by atoms with E-state index in [9.17, 15) is 13.5 Å². The maximum atomic E-state index is 12.9. The van der Waals surface area contributed by atoms with Crippen molar-refractivity contribution in [3.05, 3.63) is 57.7 Å². The summed E-state index contributed by atoms with van der Waals surface area (Å²) in [6, 6.07) is 8.55. The zero-order chi connectivity index (χ0) is 27.4. The highest BCUT2D eigenvalue weighted by molar-refractivity contribution is 7.89. The number of rotatable bonds is 9. The Balaban J connectivity index is 1.63. The Hall–Kier alpha value is -2.67. The van der Waals surface area contributed by atoms with Gasteiger partial charge < -0.3 is 25.4 Å². The molecular formula is C25H30Cl2N6O4S. The third-order valence-corrected chi connectivity index (χ3v) is 8.65. The number of aliphatic hydroxyl groups is 1. The molecule has 1 aliphatic heterocycles. The number of hydrogen-bond acceptors (Lipinski definition) is 9. The van der Waals surface area contributed by atoms with E-state index in [-0.39, 0.29) is 39.0 Å². The van der Waals surface area contributed by atoms with Crippen molar-refractivity contribution in [2.75, 3.05) is 58.1 Å². The zero-order valence-corrected chi connectivity index (χ0v) is 23.7. The molecule has 38 heavy (non-hydrogen) atoms. The lowest BCUT2D eigenvalue weighted by Gasteiger charge is -2.18. The number of fused-ring (bicyclic) bond motifs is 1. The standard InChI is InChI=1S/C25H30Cl2N6O4S/c1-32(2)38(35,36)23-14-18(26)4-5-20(23)29-24-19(27)15-28-25(31-24)30-21-12-16-6-8-33(10-11-34)9-7-17(16)13-22(21)37-3/h4-5,12-15,34H,6-11H2,1-3H3,(H2,28,29,30,31). The Bertz CT molecular complexity index is 1420. The van der Waals surface area contributed by atoms with E-state index in [1.54, 1.807) is 19.2 Å². The van der Waals surface area contributed by atoms with Gasteiger partial charge in [0.2, 0.25) is 16.0 Å². The topological polar surface area (TPSA) is 120 Å². The van der Waals surface area contributed by atoms with Crippen molar-refractivity contribution in [3.8, 4) is 5.75 Å². The van der Waals surface area contributed by atoms with Crippen molar-refractivity contribution in [2.45, 2.75) is 17.7 Å². The first kappa shape index (κ1) is 28.3. The molecule has 1 aliphatic rings. The van der Waals surface area contributed by atoms with Gasteiger partial charge in [-0.15, -0.1) is 0 Å². The number of hydrogen-bond donors (Lipinski definition) is 3. The molecule has 0 atom stereocenters. The SMILES string of the molecule is COc1cc2c(cc1Nc1ncc(Cl)c(Nc3ccc(Cl)cc3S(=O)(=O)N(C)C)n1)CCN(CCO)CC2. The molecule has 4 rings (SSSR count).